The fourth-order valence-corrected chi connectivity index (χ4v) is 3.10. The number of rotatable bonds is 3. The van der Waals surface area contributed by atoms with Crippen LogP contribution in [0.2, 0.25) is 5.02 Å². The molecule has 0 spiro atoms. The van der Waals surface area contributed by atoms with Crippen LogP contribution in [0.3, 0.4) is 0 Å². The van der Waals surface area contributed by atoms with E-state index >= 15 is 0 Å². The van der Waals surface area contributed by atoms with E-state index in [4.69, 9.17) is 11.6 Å². The maximum absolute atomic E-state index is 12.1. The van der Waals surface area contributed by atoms with Crippen LogP contribution >= 0.6 is 43.5 Å². The highest BCUT2D eigenvalue weighted by Crippen LogP contribution is 2.31. The predicted molar refractivity (Wildman–Crippen MR) is 86.1 cm³/mol. The van der Waals surface area contributed by atoms with Gasteiger partial charge in [-0.05, 0) is 45.8 Å². The Morgan fingerprint density at radius 2 is 2.00 bits per heavy atom. The number of halogens is 3. The smallest absolute Gasteiger partial charge is 0.255 e. The average molecular weight is 420 g/mol. The van der Waals surface area contributed by atoms with Crippen molar-refractivity contribution in [1.82, 2.24) is 5.32 Å². The first-order valence-electron chi connectivity index (χ1n) is 5.68. The number of hydrogen-bond donors (Lipinski definition) is 2. The van der Waals surface area contributed by atoms with Crippen LogP contribution in [0.25, 0.3) is 0 Å². The number of phenolic OH excluding ortho intramolecular Hbond substituents is 1. The molecule has 104 valence electrons. The van der Waals surface area contributed by atoms with Crippen LogP contribution in [0, 0.1) is 0 Å². The molecule has 0 aliphatic carbocycles. The van der Waals surface area contributed by atoms with Gasteiger partial charge in [-0.1, -0.05) is 39.7 Å². The fourth-order valence-electron chi connectivity index (χ4n) is 1.66. The summed E-state index contributed by atoms with van der Waals surface area (Å²) in [6.07, 6.45) is 0. The molecular formula is C14H10Br2ClNO2. The molecule has 3 nitrogen and oxygen atoms in total. The third-order valence-corrected chi connectivity index (χ3v) is 3.91. The molecule has 20 heavy (non-hydrogen) atoms. The lowest BCUT2D eigenvalue weighted by Gasteiger charge is -2.09. The number of nitrogens with one attached hydrogen (secondary N) is 1. The van der Waals surface area contributed by atoms with Crippen LogP contribution in [0.15, 0.2) is 45.3 Å². The van der Waals surface area contributed by atoms with Gasteiger partial charge in [-0.2, -0.15) is 0 Å². The molecule has 2 aromatic carbocycles. The maximum Gasteiger partial charge on any atom is 0.255 e. The molecule has 6 heteroatoms. The van der Waals surface area contributed by atoms with Crippen LogP contribution in [-0.4, -0.2) is 11.0 Å². The van der Waals surface area contributed by atoms with Crippen LogP contribution in [0.1, 0.15) is 15.9 Å². The summed E-state index contributed by atoms with van der Waals surface area (Å²) in [5.74, 6) is -0.443. The molecule has 0 radical (unpaired) electrons. The quantitative estimate of drug-likeness (QED) is 0.770. The van der Waals surface area contributed by atoms with E-state index in [1.807, 2.05) is 12.1 Å². The third-order valence-electron chi connectivity index (χ3n) is 2.61. The van der Waals surface area contributed by atoms with Crippen molar-refractivity contribution in [2.45, 2.75) is 6.54 Å². The highest BCUT2D eigenvalue weighted by Gasteiger charge is 2.14. The molecule has 1 amide bonds. The highest BCUT2D eigenvalue weighted by atomic mass is 79.9. The molecule has 0 heterocycles. The molecule has 2 rings (SSSR count). The van der Waals surface area contributed by atoms with E-state index < -0.39 is 0 Å². The molecule has 0 aliphatic heterocycles. The summed E-state index contributed by atoms with van der Waals surface area (Å²) in [4.78, 5) is 12.1. The minimum absolute atomic E-state index is 0.0863. The van der Waals surface area contributed by atoms with Gasteiger partial charge < -0.3 is 10.4 Å². The first kappa shape index (κ1) is 15.4. The van der Waals surface area contributed by atoms with E-state index in [0.717, 1.165) is 5.56 Å². The zero-order chi connectivity index (χ0) is 14.7. The minimum atomic E-state index is -0.357. The van der Waals surface area contributed by atoms with Crippen LogP contribution in [0.5, 0.6) is 5.75 Å². The van der Waals surface area contributed by atoms with E-state index in [2.05, 4.69) is 37.2 Å². The van der Waals surface area contributed by atoms with Gasteiger partial charge in [0.25, 0.3) is 5.91 Å². The SMILES string of the molecule is O=C(NCc1cccc(Cl)c1)c1cc(Br)cc(Br)c1O. The van der Waals surface area contributed by atoms with Gasteiger partial charge in [-0.15, -0.1) is 0 Å². The summed E-state index contributed by atoms with van der Waals surface area (Å²) < 4.78 is 1.16. The number of phenols is 1. The standard InChI is InChI=1S/C14H10Br2ClNO2/c15-9-5-11(13(19)12(16)6-9)14(20)18-7-8-2-1-3-10(17)4-8/h1-6,19H,7H2,(H,18,20). The number of carbonyl (C=O) groups excluding carboxylic acids is 1. The maximum atomic E-state index is 12.1. The molecule has 0 saturated carbocycles. The third kappa shape index (κ3) is 3.75. The molecule has 0 bridgehead atoms. The Morgan fingerprint density at radius 3 is 2.70 bits per heavy atom. The number of amides is 1. The predicted octanol–water partition coefficient (Wildman–Crippen LogP) is 4.50. The molecule has 0 saturated heterocycles. The monoisotopic (exact) mass is 417 g/mol. The number of aromatic hydroxyl groups is 1. The van der Waals surface area contributed by atoms with Gasteiger partial charge in [0.15, 0.2) is 0 Å². The molecule has 0 fully saturated rings. The summed E-state index contributed by atoms with van der Waals surface area (Å²) >= 11 is 12.4. The van der Waals surface area contributed by atoms with Gasteiger partial charge >= 0.3 is 0 Å². The average Bonchev–Trinajstić information content (AvgIpc) is 2.40. The Hall–Kier alpha value is -1.04. The zero-order valence-electron chi connectivity index (χ0n) is 10.2. The van der Waals surface area contributed by atoms with Crippen molar-refractivity contribution in [1.29, 1.82) is 0 Å². The summed E-state index contributed by atoms with van der Waals surface area (Å²) in [6.45, 7) is 0.336. The Morgan fingerprint density at radius 1 is 1.25 bits per heavy atom. The van der Waals surface area contributed by atoms with E-state index in [9.17, 15) is 9.90 Å². The van der Waals surface area contributed by atoms with Crippen LogP contribution in [0.4, 0.5) is 0 Å². The molecule has 2 aromatic rings. The second-order valence-electron chi connectivity index (χ2n) is 4.10. The van der Waals surface area contributed by atoms with Gasteiger partial charge in [-0.25, -0.2) is 0 Å². The normalized spacial score (nSPS) is 10.3. The first-order valence-corrected chi connectivity index (χ1v) is 7.64. The van der Waals surface area contributed by atoms with Crippen molar-refractivity contribution in [3.63, 3.8) is 0 Å². The molecule has 0 aromatic heterocycles. The van der Waals surface area contributed by atoms with Crippen LogP contribution in [-0.2, 0) is 6.54 Å². The van der Waals surface area contributed by atoms with E-state index in [-0.39, 0.29) is 17.2 Å². The largest absolute Gasteiger partial charge is 0.506 e. The van der Waals surface area contributed by atoms with Crippen LogP contribution < -0.4 is 5.32 Å². The Kier molecular flexibility index (Phi) is 5.07. The Labute approximate surface area is 138 Å². The van der Waals surface area contributed by atoms with Crippen molar-refractivity contribution in [3.05, 3.63) is 61.5 Å². The van der Waals surface area contributed by atoms with E-state index in [0.29, 0.717) is 20.5 Å². The summed E-state index contributed by atoms with van der Waals surface area (Å²) in [5, 5.41) is 13.2. The lowest BCUT2D eigenvalue weighted by atomic mass is 10.1. The molecule has 2 N–H and O–H groups in total. The second kappa shape index (κ2) is 6.61. The van der Waals surface area contributed by atoms with Gasteiger partial charge in [0.05, 0.1) is 10.0 Å². The number of hydrogen-bond acceptors (Lipinski definition) is 2. The van der Waals surface area contributed by atoms with E-state index in [1.54, 1.807) is 24.3 Å². The molecule has 0 unspecified atom stereocenters. The molecule has 0 aliphatic rings. The molecular weight excluding hydrogens is 409 g/mol. The second-order valence-corrected chi connectivity index (χ2v) is 6.30. The van der Waals surface area contributed by atoms with Crippen molar-refractivity contribution >= 4 is 49.4 Å². The van der Waals surface area contributed by atoms with Gasteiger partial charge in [-0.3, -0.25) is 4.79 Å². The fraction of sp³-hybridized carbons (Fsp3) is 0.0714. The Balaban J connectivity index is 2.13. The lowest BCUT2D eigenvalue weighted by molar-refractivity contribution is 0.0948. The van der Waals surface area contributed by atoms with Gasteiger partial charge in [0.2, 0.25) is 0 Å². The van der Waals surface area contributed by atoms with E-state index in [1.165, 1.54) is 0 Å². The van der Waals surface area contributed by atoms with Crippen molar-refractivity contribution in [3.8, 4) is 5.75 Å². The summed E-state index contributed by atoms with van der Waals surface area (Å²) in [5.41, 5.74) is 1.09. The Bertz CT molecular complexity index is 662. The summed E-state index contributed by atoms with van der Waals surface area (Å²) in [7, 11) is 0. The lowest BCUT2D eigenvalue weighted by Crippen LogP contribution is -2.23. The first-order chi connectivity index (χ1) is 9.47. The topological polar surface area (TPSA) is 49.3 Å². The summed E-state index contributed by atoms with van der Waals surface area (Å²) in [6, 6.07) is 10.5. The molecule has 0 atom stereocenters. The van der Waals surface area contributed by atoms with Crippen molar-refractivity contribution in [2.24, 2.45) is 0 Å². The van der Waals surface area contributed by atoms with Gasteiger partial charge in [0.1, 0.15) is 5.75 Å². The van der Waals surface area contributed by atoms with Gasteiger partial charge in [0, 0.05) is 16.0 Å². The number of carbonyl (C=O) groups is 1. The van der Waals surface area contributed by atoms with Crippen molar-refractivity contribution in [2.75, 3.05) is 0 Å². The van der Waals surface area contributed by atoms with Crippen molar-refractivity contribution < 1.29 is 9.90 Å². The number of benzene rings is 2. The highest BCUT2D eigenvalue weighted by molar-refractivity contribution is 9.11. The zero-order valence-corrected chi connectivity index (χ0v) is 14.1. The minimum Gasteiger partial charge on any atom is -0.506 e.